The molecule has 2 heterocycles. The summed E-state index contributed by atoms with van der Waals surface area (Å²) in [5.74, 6) is 1.64. The lowest BCUT2D eigenvalue weighted by Crippen LogP contribution is -3.10. The van der Waals surface area contributed by atoms with Crippen LogP contribution in [0.5, 0.6) is 0 Å². The van der Waals surface area contributed by atoms with Crippen molar-refractivity contribution in [3.63, 3.8) is 0 Å². The van der Waals surface area contributed by atoms with Gasteiger partial charge in [0.2, 0.25) is 0 Å². The fraction of sp³-hybridized carbons (Fsp3) is 0.429. The number of anilines is 1. The molecule has 0 aliphatic carbocycles. The fourth-order valence-electron chi connectivity index (χ4n) is 2.96. The highest BCUT2D eigenvalue weighted by atomic mass is 16.3. The van der Waals surface area contributed by atoms with Crippen molar-refractivity contribution in [2.24, 2.45) is 0 Å². The minimum atomic E-state index is 0.476. The monoisotopic (exact) mass is 231 g/mol. The van der Waals surface area contributed by atoms with Gasteiger partial charge >= 0.3 is 0 Å². The number of nitrogens with two attached hydrogens (primary N) is 1. The van der Waals surface area contributed by atoms with E-state index in [0.29, 0.717) is 12.0 Å². The number of benzene rings is 1. The van der Waals surface area contributed by atoms with Crippen LogP contribution in [0.4, 0.5) is 5.69 Å². The lowest BCUT2D eigenvalue weighted by Gasteiger charge is -2.29. The third-order valence-corrected chi connectivity index (χ3v) is 4.03. The third-order valence-electron chi connectivity index (χ3n) is 4.03. The molecule has 1 aromatic heterocycles. The van der Waals surface area contributed by atoms with Crippen LogP contribution in [0.3, 0.4) is 0 Å². The number of likely N-dealkylation sites (N-methyl/N-ethyl adjacent to an activating group) is 1. The largest absolute Gasteiger partial charge is 0.460 e. The minimum absolute atomic E-state index is 0.476. The van der Waals surface area contributed by atoms with E-state index in [0.717, 1.165) is 23.6 Å². The Morgan fingerprint density at radius 3 is 2.88 bits per heavy atom. The molecule has 0 amide bonds. The number of hydrogen-bond acceptors (Lipinski definition) is 2. The van der Waals surface area contributed by atoms with E-state index in [9.17, 15) is 0 Å². The van der Waals surface area contributed by atoms with Crippen molar-refractivity contribution in [2.75, 3.05) is 19.3 Å². The Morgan fingerprint density at radius 2 is 2.12 bits per heavy atom. The van der Waals surface area contributed by atoms with Crippen molar-refractivity contribution in [1.82, 2.24) is 0 Å². The van der Waals surface area contributed by atoms with E-state index < -0.39 is 0 Å². The molecule has 90 valence electrons. The van der Waals surface area contributed by atoms with Crippen LogP contribution < -0.4 is 10.6 Å². The molecule has 0 bridgehead atoms. The normalized spacial score (nSPS) is 28.3. The molecule has 17 heavy (non-hydrogen) atoms. The zero-order valence-corrected chi connectivity index (χ0v) is 10.6. The van der Waals surface area contributed by atoms with Crippen molar-refractivity contribution in [1.29, 1.82) is 0 Å². The molecule has 3 nitrogen and oxygen atoms in total. The summed E-state index contributed by atoms with van der Waals surface area (Å²) in [6.45, 7) is 5.63. The van der Waals surface area contributed by atoms with Gasteiger partial charge < -0.3 is 15.1 Å². The Hall–Kier alpha value is -1.48. The molecule has 0 spiro atoms. The van der Waals surface area contributed by atoms with Gasteiger partial charge in [0.25, 0.3) is 0 Å². The highest BCUT2D eigenvalue weighted by Gasteiger charge is 2.34. The Labute approximate surface area is 101 Å². The molecule has 0 radical (unpaired) electrons. The summed E-state index contributed by atoms with van der Waals surface area (Å²) in [5, 5.41) is 1.19. The number of fused-ring (bicyclic) bond motifs is 3. The van der Waals surface area contributed by atoms with Crippen LogP contribution in [0.25, 0.3) is 11.0 Å². The molecule has 1 aliphatic heterocycles. The quantitative estimate of drug-likeness (QED) is 0.678. The second-order valence-corrected chi connectivity index (χ2v) is 5.31. The van der Waals surface area contributed by atoms with Crippen molar-refractivity contribution >= 4 is 16.7 Å². The third kappa shape index (κ3) is 1.46. The molecule has 3 N–H and O–H groups in total. The van der Waals surface area contributed by atoms with Crippen LogP contribution in [-0.2, 0) is 0 Å². The van der Waals surface area contributed by atoms with Gasteiger partial charge in [0.15, 0.2) is 0 Å². The Morgan fingerprint density at radius 1 is 1.35 bits per heavy atom. The maximum atomic E-state index is 6.01. The predicted molar refractivity (Wildman–Crippen MR) is 69.2 cm³/mol. The van der Waals surface area contributed by atoms with E-state index in [-0.39, 0.29) is 0 Å². The van der Waals surface area contributed by atoms with Crippen molar-refractivity contribution < 1.29 is 9.32 Å². The lowest BCUT2D eigenvalue weighted by atomic mass is 9.92. The fourth-order valence-corrected chi connectivity index (χ4v) is 2.96. The first kappa shape index (κ1) is 10.7. The van der Waals surface area contributed by atoms with Gasteiger partial charge in [-0.1, -0.05) is 0 Å². The van der Waals surface area contributed by atoms with Crippen LogP contribution in [0.2, 0.25) is 0 Å². The van der Waals surface area contributed by atoms with Crippen molar-refractivity contribution in [2.45, 2.75) is 25.8 Å². The number of nitrogens with one attached hydrogen (secondary N) is 1. The number of nitrogen functional groups attached to an aromatic ring is 1. The van der Waals surface area contributed by atoms with Gasteiger partial charge in [0.1, 0.15) is 17.4 Å². The molecule has 2 aromatic rings. The standard InChI is InChI=1S/C14H18N2O/c1-8-7-16(3)9(2)13-11-6-10(15)4-5-12(11)17-14(8)13/h4-6,8-9H,7,15H2,1-3H3/p+1/t8-,9-/m1/s1. The summed E-state index contributed by atoms with van der Waals surface area (Å²) < 4.78 is 6.01. The zero-order valence-electron chi connectivity index (χ0n) is 10.6. The summed E-state index contributed by atoms with van der Waals surface area (Å²) in [5.41, 5.74) is 9.01. The van der Waals surface area contributed by atoms with E-state index in [1.807, 2.05) is 18.2 Å². The summed E-state index contributed by atoms with van der Waals surface area (Å²) in [4.78, 5) is 1.54. The first-order chi connectivity index (χ1) is 8.08. The van der Waals surface area contributed by atoms with Crippen molar-refractivity contribution in [3.8, 4) is 0 Å². The molecular formula is C14H19N2O+. The molecule has 3 atom stereocenters. The van der Waals surface area contributed by atoms with Crippen LogP contribution in [0, 0.1) is 0 Å². The molecule has 3 rings (SSSR count). The Kier molecular flexibility index (Phi) is 2.20. The van der Waals surface area contributed by atoms with Gasteiger partial charge in [-0.05, 0) is 32.0 Å². The van der Waals surface area contributed by atoms with Crippen LogP contribution >= 0.6 is 0 Å². The van der Waals surface area contributed by atoms with Gasteiger partial charge in [-0.25, -0.2) is 0 Å². The predicted octanol–water partition coefficient (Wildman–Crippen LogP) is 1.71. The molecule has 1 unspecified atom stereocenters. The molecule has 1 aliphatic rings. The summed E-state index contributed by atoms with van der Waals surface area (Å²) in [6, 6.07) is 6.41. The summed E-state index contributed by atoms with van der Waals surface area (Å²) in [7, 11) is 2.25. The topological polar surface area (TPSA) is 43.6 Å². The maximum absolute atomic E-state index is 6.01. The maximum Gasteiger partial charge on any atom is 0.134 e. The van der Waals surface area contributed by atoms with E-state index >= 15 is 0 Å². The lowest BCUT2D eigenvalue weighted by molar-refractivity contribution is -0.914. The minimum Gasteiger partial charge on any atom is -0.460 e. The van der Waals surface area contributed by atoms with E-state index in [4.69, 9.17) is 10.2 Å². The van der Waals surface area contributed by atoms with Gasteiger partial charge in [-0.15, -0.1) is 0 Å². The second kappa shape index (κ2) is 3.50. The molecule has 1 aromatic carbocycles. The second-order valence-electron chi connectivity index (χ2n) is 5.31. The molecular weight excluding hydrogens is 212 g/mol. The first-order valence-corrected chi connectivity index (χ1v) is 6.22. The molecule has 3 heteroatoms. The van der Waals surface area contributed by atoms with Crippen LogP contribution in [0.15, 0.2) is 22.6 Å². The molecule has 0 fully saturated rings. The van der Waals surface area contributed by atoms with E-state index in [2.05, 4.69) is 20.9 Å². The van der Waals surface area contributed by atoms with Gasteiger partial charge in [-0.2, -0.15) is 0 Å². The number of rotatable bonds is 0. The Bertz CT molecular complexity index is 573. The first-order valence-electron chi connectivity index (χ1n) is 6.22. The van der Waals surface area contributed by atoms with Gasteiger partial charge in [0, 0.05) is 11.1 Å². The average Bonchev–Trinajstić information content (AvgIpc) is 2.65. The molecule has 0 saturated heterocycles. The van der Waals surface area contributed by atoms with Crippen LogP contribution in [-0.4, -0.2) is 13.6 Å². The summed E-state index contributed by atoms with van der Waals surface area (Å²) >= 11 is 0. The smallest absolute Gasteiger partial charge is 0.134 e. The molecule has 0 saturated carbocycles. The van der Waals surface area contributed by atoms with Crippen molar-refractivity contribution in [3.05, 3.63) is 29.5 Å². The highest BCUT2D eigenvalue weighted by molar-refractivity contribution is 5.85. The summed E-state index contributed by atoms with van der Waals surface area (Å²) in [6.07, 6.45) is 0. The van der Waals surface area contributed by atoms with Gasteiger partial charge in [0.05, 0.1) is 25.1 Å². The highest BCUT2D eigenvalue weighted by Crippen LogP contribution is 2.36. The van der Waals surface area contributed by atoms with Crippen LogP contribution in [0.1, 0.15) is 37.1 Å². The SMILES string of the molecule is C[C@@H]1C[NH+](C)[C@H](C)c2c1oc1ccc(N)cc21. The number of furan rings is 1. The van der Waals surface area contributed by atoms with E-state index in [1.165, 1.54) is 15.8 Å². The Balaban J connectivity index is 2.31. The van der Waals surface area contributed by atoms with E-state index in [1.54, 1.807) is 0 Å². The number of quaternary nitrogens is 1. The number of hydrogen-bond donors (Lipinski definition) is 2. The van der Waals surface area contributed by atoms with Gasteiger partial charge in [-0.3, -0.25) is 0 Å². The average molecular weight is 231 g/mol. The zero-order chi connectivity index (χ0) is 12.2.